The second kappa shape index (κ2) is 6.35. The molecule has 0 bridgehead atoms. The van der Waals surface area contributed by atoms with E-state index in [-0.39, 0.29) is 35.7 Å². The summed E-state index contributed by atoms with van der Waals surface area (Å²) in [6, 6.07) is 5.56. The predicted octanol–water partition coefficient (Wildman–Crippen LogP) is 1.37. The molecule has 0 aliphatic carbocycles. The molecule has 0 spiro atoms. The predicted molar refractivity (Wildman–Crippen MR) is 87.6 cm³/mol. The zero-order chi connectivity index (χ0) is 17.3. The van der Waals surface area contributed by atoms with E-state index in [9.17, 15) is 17.6 Å². The lowest BCUT2D eigenvalue weighted by atomic mass is 10.0. The quantitative estimate of drug-likeness (QED) is 0.870. The molecule has 1 atom stereocenters. The first-order chi connectivity index (χ1) is 11.3. The summed E-state index contributed by atoms with van der Waals surface area (Å²) < 4.78 is 36.0. The van der Waals surface area contributed by atoms with Crippen molar-refractivity contribution in [2.75, 3.05) is 11.5 Å². The second-order valence-corrected chi connectivity index (χ2v) is 8.26. The van der Waals surface area contributed by atoms with E-state index < -0.39 is 9.84 Å². The van der Waals surface area contributed by atoms with Gasteiger partial charge in [0, 0.05) is 22.9 Å². The zero-order valence-corrected chi connectivity index (χ0v) is 14.0. The van der Waals surface area contributed by atoms with Crippen molar-refractivity contribution in [3.8, 4) is 11.3 Å². The molecule has 1 saturated heterocycles. The highest BCUT2D eigenvalue weighted by atomic mass is 32.2. The fourth-order valence-electron chi connectivity index (χ4n) is 2.86. The number of nitrogens with zero attached hydrogens (tertiary/aromatic N) is 1. The SMILES string of the molecule is Cc1[nH]nc(-c2ccc(F)cc2)c1CC(=O)N[C@H]1CCS(=O)(=O)C1. The van der Waals surface area contributed by atoms with E-state index in [1.54, 1.807) is 12.1 Å². The zero-order valence-electron chi connectivity index (χ0n) is 13.2. The first kappa shape index (κ1) is 16.6. The molecule has 1 amide bonds. The topological polar surface area (TPSA) is 91.9 Å². The number of amides is 1. The van der Waals surface area contributed by atoms with Gasteiger partial charge in [-0.2, -0.15) is 5.10 Å². The summed E-state index contributed by atoms with van der Waals surface area (Å²) in [5.74, 6) is -0.477. The van der Waals surface area contributed by atoms with E-state index >= 15 is 0 Å². The molecule has 8 heteroatoms. The Morgan fingerprint density at radius 2 is 2.08 bits per heavy atom. The maximum absolute atomic E-state index is 13.1. The Bertz CT molecular complexity index is 859. The van der Waals surface area contributed by atoms with Gasteiger partial charge in [-0.25, -0.2) is 12.8 Å². The van der Waals surface area contributed by atoms with Crippen LogP contribution in [0, 0.1) is 12.7 Å². The van der Waals surface area contributed by atoms with Gasteiger partial charge in [-0.05, 0) is 37.6 Å². The molecule has 1 fully saturated rings. The number of carbonyl (C=O) groups excluding carboxylic acids is 1. The van der Waals surface area contributed by atoms with Crippen LogP contribution in [0.1, 0.15) is 17.7 Å². The van der Waals surface area contributed by atoms with Crippen LogP contribution < -0.4 is 5.32 Å². The largest absolute Gasteiger partial charge is 0.352 e. The highest BCUT2D eigenvalue weighted by Crippen LogP contribution is 2.24. The van der Waals surface area contributed by atoms with Gasteiger partial charge >= 0.3 is 0 Å². The van der Waals surface area contributed by atoms with Crippen LogP contribution >= 0.6 is 0 Å². The van der Waals surface area contributed by atoms with Gasteiger partial charge in [-0.15, -0.1) is 0 Å². The molecule has 6 nitrogen and oxygen atoms in total. The highest BCUT2D eigenvalue weighted by molar-refractivity contribution is 7.91. The summed E-state index contributed by atoms with van der Waals surface area (Å²) >= 11 is 0. The Labute approximate surface area is 139 Å². The summed E-state index contributed by atoms with van der Waals surface area (Å²) in [5.41, 5.74) is 2.79. The Balaban J connectivity index is 1.74. The molecular weight excluding hydrogens is 333 g/mol. The fraction of sp³-hybridized carbons (Fsp3) is 0.375. The lowest BCUT2D eigenvalue weighted by molar-refractivity contribution is -0.121. The number of aromatic amines is 1. The van der Waals surface area contributed by atoms with E-state index in [1.807, 2.05) is 6.92 Å². The van der Waals surface area contributed by atoms with Gasteiger partial charge in [0.25, 0.3) is 0 Å². The Kier molecular flexibility index (Phi) is 4.40. The minimum Gasteiger partial charge on any atom is -0.352 e. The van der Waals surface area contributed by atoms with E-state index in [0.29, 0.717) is 17.7 Å². The molecule has 2 heterocycles. The van der Waals surface area contributed by atoms with Crippen molar-refractivity contribution in [1.29, 1.82) is 0 Å². The molecule has 2 aromatic rings. The molecule has 2 N–H and O–H groups in total. The average Bonchev–Trinajstić information content (AvgIpc) is 3.03. The van der Waals surface area contributed by atoms with Crippen LogP contribution in [0.15, 0.2) is 24.3 Å². The first-order valence-corrected chi connectivity index (χ1v) is 9.46. The van der Waals surface area contributed by atoms with Crippen LogP contribution in [0.3, 0.4) is 0 Å². The van der Waals surface area contributed by atoms with Crippen molar-refractivity contribution < 1.29 is 17.6 Å². The monoisotopic (exact) mass is 351 g/mol. The Morgan fingerprint density at radius 3 is 2.71 bits per heavy atom. The number of aromatic nitrogens is 2. The van der Waals surface area contributed by atoms with Gasteiger partial charge in [0.2, 0.25) is 5.91 Å². The van der Waals surface area contributed by atoms with Gasteiger partial charge in [0.05, 0.1) is 23.6 Å². The van der Waals surface area contributed by atoms with Gasteiger partial charge < -0.3 is 5.32 Å². The van der Waals surface area contributed by atoms with Crippen LogP contribution in [0.4, 0.5) is 4.39 Å². The number of hydrogen-bond donors (Lipinski definition) is 2. The molecule has 1 aliphatic heterocycles. The van der Waals surface area contributed by atoms with Gasteiger partial charge in [-0.1, -0.05) is 0 Å². The molecule has 1 aromatic heterocycles. The number of rotatable bonds is 4. The molecule has 24 heavy (non-hydrogen) atoms. The summed E-state index contributed by atoms with van der Waals surface area (Å²) in [5, 5.41) is 9.81. The van der Waals surface area contributed by atoms with Crippen molar-refractivity contribution in [3.05, 3.63) is 41.3 Å². The fourth-order valence-corrected chi connectivity index (χ4v) is 4.54. The minimum absolute atomic E-state index is 0.00602. The molecule has 1 aromatic carbocycles. The highest BCUT2D eigenvalue weighted by Gasteiger charge is 2.29. The minimum atomic E-state index is -3.04. The smallest absolute Gasteiger partial charge is 0.224 e. The van der Waals surface area contributed by atoms with Gasteiger partial charge in [-0.3, -0.25) is 9.89 Å². The van der Waals surface area contributed by atoms with Crippen molar-refractivity contribution in [2.24, 2.45) is 0 Å². The maximum atomic E-state index is 13.1. The summed E-state index contributed by atoms with van der Waals surface area (Å²) in [6.45, 7) is 1.81. The first-order valence-electron chi connectivity index (χ1n) is 7.63. The number of H-pyrrole nitrogens is 1. The third kappa shape index (κ3) is 3.64. The van der Waals surface area contributed by atoms with E-state index in [4.69, 9.17) is 0 Å². The maximum Gasteiger partial charge on any atom is 0.224 e. The summed E-state index contributed by atoms with van der Waals surface area (Å²) in [4.78, 5) is 12.3. The summed E-state index contributed by atoms with van der Waals surface area (Å²) in [7, 11) is -3.04. The van der Waals surface area contributed by atoms with E-state index in [2.05, 4.69) is 15.5 Å². The molecule has 0 radical (unpaired) electrons. The van der Waals surface area contributed by atoms with Gasteiger partial charge in [0.1, 0.15) is 5.82 Å². The number of benzene rings is 1. The number of aryl methyl sites for hydroxylation is 1. The number of nitrogens with one attached hydrogen (secondary N) is 2. The van der Waals surface area contributed by atoms with Crippen molar-refractivity contribution in [3.63, 3.8) is 0 Å². The third-order valence-electron chi connectivity index (χ3n) is 4.13. The van der Waals surface area contributed by atoms with Crippen molar-refractivity contribution in [1.82, 2.24) is 15.5 Å². The Hall–Kier alpha value is -2.22. The van der Waals surface area contributed by atoms with E-state index in [0.717, 1.165) is 11.3 Å². The van der Waals surface area contributed by atoms with Crippen LogP contribution in [0.2, 0.25) is 0 Å². The van der Waals surface area contributed by atoms with Crippen LogP contribution in [0.5, 0.6) is 0 Å². The molecule has 128 valence electrons. The third-order valence-corrected chi connectivity index (χ3v) is 5.89. The van der Waals surface area contributed by atoms with Crippen molar-refractivity contribution in [2.45, 2.75) is 25.8 Å². The normalized spacial score (nSPS) is 19.3. The van der Waals surface area contributed by atoms with Crippen molar-refractivity contribution >= 4 is 15.7 Å². The number of sulfone groups is 1. The number of hydrogen-bond acceptors (Lipinski definition) is 4. The van der Waals surface area contributed by atoms with E-state index in [1.165, 1.54) is 12.1 Å². The number of halogens is 1. The molecule has 3 rings (SSSR count). The van der Waals surface area contributed by atoms with Crippen LogP contribution in [0.25, 0.3) is 11.3 Å². The second-order valence-electron chi connectivity index (χ2n) is 6.03. The lowest BCUT2D eigenvalue weighted by Crippen LogP contribution is -2.36. The standard InChI is InChI=1S/C16H18FN3O3S/c1-10-14(8-15(21)18-13-6-7-24(22,23)9-13)16(20-19-10)11-2-4-12(17)5-3-11/h2-5,13H,6-9H2,1H3,(H,18,21)(H,19,20)/t13-/m0/s1. The number of carbonyl (C=O) groups is 1. The lowest BCUT2D eigenvalue weighted by Gasteiger charge is -2.11. The average molecular weight is 351 g/mol. The Morgan fingerprint density at radius 1 is 1.38 bits per heavy atom. The van der Waals surface area contributed by atoms with Crippen LogP contribution in [-0.4, -0.2) is 42.1 Å². The molecule has 1 aliphatic rings. The molecular formula is C16H18FN3O3S. The van der Waals surface area contributed by atoms with Gasteiger partial charge in [0.15, 0.2) is 9.84 Å². The summed E-state index contributed by atoms with van der Waals surface area (Å²) in [6.07, 6.45) is 0.537. The molecule has 0 unspecified atom stereocenters. The van der Waals surface area contributed by atoms with Crippen LogP contribution in [-0.2, 0) is 21.1 Å². The molecule has 0 saturated carbocycles.